The molecule has 1 aromatic heterocycles. The first-order valence-corrected chi connectivity index (χ1v) is 9.28. The molecular weight excluding hydrogens is 360 g/mol. The van der Waals surface area contributed by atoms with Crippen LogP contribution in [-0.2, 0) is 18.4 Å². The molecule has 1 aliphatic rings. The number of amides is 1. The molecule has 152 valence electrons. The molecule has 0 saturated carbocycles. The number of rotatable bonds is 7. The first-order valence-electron chi connectivity index (χ1n) is 9.28. The fourth-order valence-electron chi connectivity index (χ4n) is 3.54. The molecule has 1 aliphatic heterocycles. The van der Waals surface area contributed by atoms with Gasteiger partial charge in [-0.15, -0.1) is 0 Å². The van der Waals surface area contributed by atoms with Crippen LogP contribution < -0.4 is 9.47 Å². The van der Waals surface area contributed by atoms with Crippen molar-refractivity contribution in [3.05, 3.63) is 40.7 Å². The van der Waals surface area contributed by atoms with Gasteiger partial charge in [0.05, 0.1) is 12.3 Å². The maximum atomic E-state index is 13.5. The van der Waals surface area contributed by atoms with E-state index < -0.39 is 6.04 Å². The highest BCUT2D eigenvalue weighted by atomic mass is 16.7. The first-order chi connectivity index (χ1) is 13.3. The maximum absolute atomic E-state index is 13.5. The number of ether oxygens (including phenoxy) is 2. The fraction of sp³-hybridized carbons (Fsp3) is 0.500. The van der Waals surface area contributed by atoms with Crippen molar-refractivity contribution in [1.82, 2.24) is 19.6 Å². The third kappa shape index (κ3) is 3.83. The molecule has 1 unspecified atom stereocenters. The number of nitrogens with zero attached hydrogens (tertiary/aromatic N) is 4. The molecule has 0 saturated heterocycles. The number of benzene rings is 1. The van der Waals surface area contributed by atoms with Gasteiger partial charge in [0.25, 0.3) is 0 Å². The van der Waals surface area contributed by atoms with Gasteiger partial charge in [-0.3, -0.25) is 14.4 Å². The van der Waals surface area contributed by atoms with Gasteiger partial charge in [0.15, 0.2) is 11.5 Å². The first kappa shape index (κ1) is 20.2. The van der Waals surface area contributed by atoms with Gasteiger partial charge in [0.1, 0.15) is 6.04 Å². The molecule has 0 radical (unpaired) electrons. The molecule has 8 nitrogen and oxygen atoms in total. The molecule has 2 heterocycles. The Morgan fingerprint density at radius 2 is 2.00 bits per heavy atom. The Morgan fingerprint density at radius 1 is 1.29 bits per heavy atom. The Kier molecular flexibility index (Phi) is 5.90. The number of aromatic nitrogens is 2. The zero-order valence-electron chi connectivity index (χ0n) is 17.1. The summed E-state index contributed by atoms with van der Waals surface area (Å²) in [6, 6.07) is 5.06. The zero-order valence-corrected chi connectivity index (χ0v) is 17.1. The van der Waals surface area contributed by atoms with Crippen LogP contribution >= 0.6 is 0 Å². The van der Waals surface area contributed by atoms with E-state index in [2.05, 4.69) is 5.10 Å². The maximum Gasteiger partial charge on any atom is 0.244 e. The molecule has 1 aromatic carbocycles. The summed E-state index contributed by atoms with van der Waals surface area (Å²) < 4.78 is 12.7. The Morgan fingerprint density at radius 3 is 2.61 bits per heavy atom. The average Bonchev–Trinajstić information content (AvgIpc) is 3.20. The van der Waals surface area contributed by atoms with Crippen molar-refractivity contribution in [2.75, 3.05) is 34.0 Å². The van der Waals surface area contributed by atoms with Crippen LogP contribution in [0.15, 0.2) is 18.2 Å². The number of hydrogen-bond donors (Lipinski definition) is 1. The van der Waals surface area contributed by atoms with Gasteiger partial charge in [0, 0.05) is 31.4 Å². The molecular formula is C20H28N4O4. The normalized spacial score (nSPS) is 13.8. The standard InChI is InChI=1S/C20H28N4O4/c1-13-16(14(2)23(5)21-13)11-24(8-9-25)20(26)19(22(3)4)15-6-7-17-18(10-15)28-12-27-17/h6-7,10,19,25H,8-9,11-12H2,1-5H3. The van der Waals surface area contributed by atoms with Crippen LogP contribution in [0.3, 0.4) is 0 Å². The Bertz CT molecular complexity index is 862. The molecule has 2 aromatic rings. The Balaban J connectivity index is 1.91. The van der Waals surface area contributed by atoms with Crippen molar-refractivity contribution >= 4 is 5.91 Å². The number of aryl methyl sites for hydroxylation is 2. The molecule has 1 amide bonds. The van der Waals surface area contributed by atoms with Crippen LogP contribution in [0.5, 0.6) is 11.5 Å². The van der Waals surface area contributed by atoms with Crippen LogP contribution in [0.2, 0.25) is 0 Å². The predicted octanol–water partition coefficient (Wildman–Crippen LogP) is 1.39. The highest BCUT2D eigenvalue weighted by Gasteiger charge is 2.30. The van der Waals surface area contributed by atoms with Crippen LogP contribution in [0.4, 0.5) is 0 Å². The lowest BCUT2D eigenvalue weighted by atomic mass is 10.0. The van der Waals surface area contributed by atoms with Gasteiger partial charge < -0.3 is 19.5 Å². The van der Waals surface area contributed by atoms with Gasteiger partial charge in [-0.2, -0.15) is 5.10 Å². The summed E-state index contributed by atoms with van der Waals surface area (Å²) in [5.41, 5.74) is 3.73. The van der Waals surface area contributed by atoms with E-state index >= 15 is 0 Å². The second-order valence-electron chi connectivity index (χ2n) is 7.24. The van der Waals surface area contributed by atoms with Crippen molar-refractivity contribution < 1.29 is 19.4 Å². The molecule has 0 fully saturated rings. The van der Waals surface area contributed by atoms with E-state index in [0.717, 1.165) is 22.5 Å². The minimum atomic E-state index is -0.502. The van der Waals surface area contributed by atoms with E-state index in [4.69, 9.17) is 9.47 Å². The summed E-state index contributed by atoms with van der Waals surface area (Å²) in [5.74, 6) is 1.24. The van der Waals surface area contributed by atoms with Gasteiger partial charge >= 0.3 is 0 Å². The number of likely N-dealkylation sites (N-methyl/N-ethyl adjacent to an activating group) is 1. The molecule has 1 atom stereocenters. The number of fused-ring (bicyclic) bond motifs is 1. The third-order valence-electron chi connectivity index (χ3n) is 5.15. The quantitative estimate of drug-likeness (QED) is 0.772. The van der Waals surface area contributed by atoms with Gasteiger partial charge in [-0.1, -0.05) is 6.07 Å². The summed E-state index contributed by atoms with van der Waals surface area (Å²) in [6.07, 6.45) is 0. The second kappa shape index (κ2) is 8.20. The molecule has 3 rings (SSSR count). The lowest BCUT2D eigenvalue weighted by Gasteiger charge is -2.31. The summed E-state index contributed by atoms with van der Waals surface area (Å²) in [6.45, 7) is 4.66. The summed E-state index contributed by atoms with van der Waals surface area (Å²) in [4.78, 5) is 17.0. The van der Waals surface area contributed by atoms with E-state index in [1.54, 1.807) is 4.90 Å². The second-order valence-corrected chi connectivity index (χ2v) is 7.24. The van der Waals surface area contributed by atoms with Crippen LogP contribution in [0, 0.1) is 13.8 Å². The van der Waals surface area contributed by atoms with Gasteiger partial charge in [-0.05, 0) is 45.6 Å². The molecule has 0 aliphatic carbocycles. The van der Waals surface area contributed by atoms with Crippen molar-refractivity contribution in [3.8, 4) is 11.5 Å². The summed E-state index contributed by atoms with van der Waals surface area (Å²) in [7, 11) is 5.62. The lowest BCUT2D eigenvalue weighted by Crippen LogP contribution is -2.41. The summed E-state index contributed by atoms with van der Waals surface area (Å²) in [5, 5.41) is 14.0. The van der Waals surface area contributed by atoms with E-state index in [1.165, 1.54) is 0 Å². The molecule has 0 bridgehead atoms. The van der Waals surface area contributed by atoms with Crippen molar-refractivity contribution in [2.24, 2.45) is 7.05 Å². The van der Waals surface area contributed by atoms with Crippen LogP contribution in [0.1, 0.15) is 28.6 Å². The molecule has 1 N–H and O–H groups in total. The third-order valence-corrected chi connectivity index (χ3v) is 5.15. The summed E-state index contributed by atoms with van der Waals surface area (Å²) >= 11 is 0. The predicted molar refractivity (Wildman–Crippen MR) is 104 cm³/mol. The van der Waals surface area contributed by atoms with E-state index in [9.17, 15) is 9.90 Å². The zero-order chi connectivity index (χ0) is 20.4. The Labute approximate surface area is 165 Å². The largest absolute Gasteiger partial charge is 0.454 e. The number of carbonyl (C=O) groups is 1. The lowest BCUT2D eigenvalue weighted by molar-refractivity contribution is -0.137. The molecule has 0 spiro atoms. The topological polar surface area (TPSA) is 80.1 Å². The van der Waals surface area contributed by atoms with E-state index in [-0.39, 0.29) is 25.9 Å². The van der Waals surface area contributed by atoms with E-state index in [0.29, 0.717) is 18.0 Å². The van der Waals surface area contributed by atoms with Gasteiger partial charge in [-0.25, -0.2) is 0 Å². The van der Waals surface area contributed by atoms with Crippen LogP contribution in [-0.4, -0.2) is 64.6 Å². The minimum absolute atomic E-state index is 0.0828. The minimum Gasteiger partial charge on any atom is -0.454 e. The molecule has 28 heavy (non-hydrogen) atoms. The number of hydrogen-bond acceptors (Lipinski definition) is 6. The Hall–Kier alpha value is -2.58. The van der Waals surface area contributed by atoms with Crippen molar-refractivity contribution in [3.63, 3.8) is 0 Å². The van der Waals surface area contributed by atoms with Crippen molar-refractivity contribution in [2.45, 2.75) is 26.4 Å². The van der Waals surface area contributed by atoms with Crippen LogP contribution in [0.25, 0.3) is 0 Å². The fourth-order valence-corrected chi connectivity index (χ4v) is 3.54. The molecule has 8 heteroatoms. The monoisotopic (exact) mass is 388 g/mol. The number of carbonyl (C=O) groups excluding carboxylic acids is 1. The highest BCUT2D eigenvalue weighted by Crippen LogP contribution is 2.35. The number of aliphatic hydroxyl groups is 1. The number of aliphatic hydroxyl groups excluding tert-OH is 1. The SMILES string of the molecule is Cc1nn(C)c(C)c1CN(CCO)C(=O)C(c1ccc2c(c1)OCO2)N(C)C. The van der Waals surface area contributed by atoms with Crippen molar-refractivity contribution in [1.29, 1.82) is 0 Å². The van der Waals surface area contributed by atoms with Gasteiger partial charge in [0.2, 0.25) is 12.7 Å². The smallest absolute Gasteiger partial charge is 0.244 e. The highest BCUT2D eigenvalue weighted by molar-refractivity contribution is 5.83. The average molecular weight is 388 g/mol. The van der Waals surface area contributed by atoms with E-state index in [1.807, 2.05) is 62.8 Å².